The van der Waals surface area contributed by atoms with Gasteiger partial charge in [0.05, 0.1) is 5.54 Å². The molecule has 0 aromatic heterocycles. The lowest BCUT2D eigenvalue weighted by atomic mass is 9.84. The third kappa shape index (κ3) is 2.89. The zero-order chi connectivity index (χ0) is 14.9. The van der Waals surface area contributed by atoms with Crippen molar-refractivity contribution in [1.29, 1.82) is 0 Å². The third-order valence-electron chi connectivity index (χ3n) is 6.45. The van der Waals surface area contributed by atoms with E-state index in [2.05, 4.69) is 23.6 Å². The minimum absolute atomic E-state index is 0.292. The first-order valence-electron chi connectivity index (χ1n) is 9.38. The van der Waals surface area contributed by atoms with Gasteiger partial charge >= 0.3 is 0 Å². The summed E-state index contributed by atoms with van der Waals surface area (Å²) in [7, 11) is 0. The molecule has 1 saturated carbocycles. The van der Waals surface area contributed by atoms with Crippen molar-refractivity contribution in [3.63, 3.8) is 0 Å². The molecule has 2 N–H and O–H groups in total. The standard InChI is InChI=1S/C18H35N3/c1-15(2)9-12-21(16-6-3-4-7-16)18(14-19)10-13-20-11-5-8-17(18)20/h15-17H,3-14,19H2,1-2H3. The summed E-state index contributed by atoms with van der Waals surface area (Å²) < 4.78 is 0. The van der Waals surface area contributed by atoms with Gasteiger partial charge in [0.1, 0.15) is 0 Å². The maximum atomic E-state index is 6.43. The Labute approximate surface area is 131 Å². The molecule has 0 spiro atoms. The van der Waals surface area contributed by atoms with Crippen LogP contribution in [0.1, 0.15) is 65.2 Å². The highest BCUT2D eigenvalue weighted by Crippen LogP contribution is 2.43. The van der Waals surface area contributed by atoms with Crippen LogP contribution in [-0.2, 0) is 0 Å². The predicted molar refractivity (Wildman–Crippen MR) is 89.4 cm³/mol. The summed E-state index contributed by atoms with van der Waals surface area (Å²) in [5.74, 6) is 0.796. The number of rotatable bonds is 6. The van der Waals surface area contributed by atoms with Gasteiger partial charge in [0.2, 0.25) is 0 Å². The van der Waals surface area contributed by atoms with E-state index in [1.54, 1.807) is 0 Å². The zero-order valence-corrected chi connectivity index (χ0v) is 14.2. The minimum atomic E-state index is 0.292. The lowest BCUT2D eigenvalue weighted by molar-refractivity contribution is 0.0237. The van der Waals surface area contributed by atoms with Crippen molar-refractivity contribution in [2.45, 2.75) is 82.8 Å². The zero-order valence-electron chi connectivity index (χ0n) is 14.2. The smallest absolute Gasteiger partial charge is 0.0501 e. The van der Waals surface area contributed by atoms with Gasteiger partial charge in [-0.3, -0.25) is 9.80 Å². The number of nitrogens with zero attached hydrogens (tertiary/aromatic N) is 2. The molecule has 2 atom stereocenters. The van der Waals surface area contributed by atoms with Crippen molar-refractivity contribution in [3.8, 4) is 0 Å². The number of hydrogen-bond acceptors (Lipinski definition) is 3. The molecule has 0 aromatic carbocycles. The Morgan fingerprint density at radius 2 is 1.90 bits per heavy atom. The van der Waals surface area contributed by atoms with Crippen LogP contribution in [0.4, 0.5) is 0 Å². The van der Waals surface area contributed by atoms with Gasteiger partial charge in [-0.15, -0.1) is 0 Å². The van der Waals surface area contributed by atoms with Crippen LogP contribution in [0.3, 0.4) is 0 Å². The van der Waals surface area contributed by atoms with Gasteiger partial charge in [-0.1, -0.05) is 26.7 Å². The van der Waals surface area contributed by atoms with E-state index in [0.29, 0.717) is 5.54 Å². The van der Waals surface area contributed by atoms with Crippen LogP contribution in [0.25, 0.3) is 0 Å². The summed E-state index contributed by atoms with van der Waals surface area (Å²) >= 11 is 0. The first-order valence-corrected chi connectivity index (χ1v) is 9.38. The van der Waals surface area contributed by atoms with Gasteiger partial charge in [-0.05, 0) is 57.5 Å². The summed E-state index contributed by atoms with van der Waals surface area (Å²) in [6.45, 7) is 9.45. The molecule has 21 heavy (non-hydrogen) atoms. The fraction of sp³-hybridized carbons (Fsp3) is 1.00. The van der Waals surface area contributed by atoms with Gasteiger partial charge in [0, 0.05) is 25.2 Å². The van der Waals surface area contributed by atoms with E-state index >= 15 is 0 Å². The summed E-state index contributed by atoms with van der Waals surface area (Å²) in [5.41, 5.74) is 6.72. The van der Waals surface area contributed by atoms with E-state index in [4.69, 9.17) is 5.73 Å². The van der Waals surface area contributed by atoms with E-state index in [0.717, 1.165) is 24.5 Å². The summed E-state index contributed by atoms with van der Waals surface area (Å²) in [4.78, 5) is 5.65. The minimum Gasteiger partial charge on any atom is -0.329 e. The van der Waals surface area contributed by atoms with E-state index in [-0.39, 0.29) is 0 Å². The van der Waals surface area contributed by atoms with E-state index in [9.17, 15) is 0 Å². The Hall–Kier alpha value is -0.120. The van der Waals surface area contributed by atoms with Gasteiger partial charge in [0.15, 0.2) is 0 Å². The second kappa shape index (κ2) is 6.55. The molecule has 2 unspecified atom stereocenters. The number of nitrogens with two attached hydrogens (primary N) is 1. The SMILES string of the molecule is CC(C)CCN(C1CCCC1)C1(CN)CCN2CCCC21. The molecule has 0 amide bonds. The molecule has 1 aliphatic carbocycles. The Morgan fingerprint density at radius 3 is 2.57 bits per heavy atom. The third-order valence-corrected chi connectivity index (χ3v) is 6.45. The molecule has 3 fully saturated rings. The molecule has 2 saturated heterocycles. The first-order chi connectivity index (χ1) is 10.2. The first kappa shape index (κ1) is 15.8. The summed E-state index contributed by atoms with van der Waals surface area (Å²) in [6.07, 6.45) is 11.1. The van der Waals surface area contributed by atoms with Crippen molar-refractivity contribution in [2.75, 3.05) is 26.2 Å². The molecule has 2 heterocycles. The Kier molecular flexibility index (Phi) is 4.92. The number of fused-ring (bicyclic) bond motifs is 1. The normalized spacial score (nSPS) is 34.4. The van der Waals surface area contributed by atoms with Crippen molar-refractivity contribution < 1.29 is 0 Å². The topological polar surface area (TPSA) is 32.5 Å². The highest BCUT2D eigenvalue weighted by atomic mass is 15.3. The van der Waals surface area contributed by atoms with Crippen LogP contribution >= 0.6 is 0 Å². The van der Waals surface area contributed by atoms with Crippen LogP contribution in [0.5, 0.6) is 0 Å². The second-order valence-corrected chi connectivity index (χ2v) is 8.07. The second-order valence-electron chi connectivity index (χ2n) is 8.07. The highest BCUT2D eigenvalue weighted by molar-refractivity contribution is 5.11. The molecule has 3 heteroatoms. The largest absolute Gasteiger partial charge is 0.329 e. The van der Waals surface area contributed by atoms with Gasteiger partial charge in [-0.2, -0.15) is 0 Å². The molecule has 0 radical (unpaired) electrons. The monoisotopic (exact) mass is 293 g/mol. The lowest BCUT2D eigenvalue weighted by Gasteiger charge is -2.48. The maximum Gasteiger partial charge on any atom is 0.0501 e. The Bertz CT molecular complexity index is 337. The lowest BCUT2D eigenvalue weighted by Crippen LogP contribution is -2.62. The van der Waals surface area contributed by atoms with Crippen LogP contribution in [-0.4, -0.2) is 53.6 Å². The molecule has 0 bridgehead atoms. The summed E-state index contributed by atoms with van der Waals surface area (Å²) in [5, 5.41) is 0. The van der Waals surface area contributed by atoms with Gasteiger partial charge in [-0.25, -0.2) is 0 Å². The molecular formula is C18H35N3. The molecule has 3 nitrogen and oxygen atoms in total. The van der Waals surface area contributed by atoms with Gasteiger partial charge in [0.25, 0.3) is 0 Å². The van der Waals surface area contributed by atoms with Crippen LogP contribution in [0.15, 0.2) is 0 Å². The van der Waals surface area contributed by atoms with Crippen molar-refractivity contribution in [2.24, 2.45) is 11.7 Å². The molecule has 3 rings (SSSR count). The maximum absolute atomic E-state index is 6.43. The predicted octanol–water partition coefficient (Wildman–Crippen LogP) is 2.84. The average molecular weight is 293 g/mol. The van der Waals surface area contributed by atoms with Crippen LogP contribution in [0, 0.1) is 5.92 Å². The highest BCUT2D eigenvalue weighted by Gasteiger charge is 2.53. The molecular weight excluding hydrogens is 258 g/mol. The van der Waals surface area contributed by atoms with Crippen LogP contribution < -0.4 is 5.73 Å². The summed E-state index contributed by atoms with van der Waals surface area (Å²) in [6, 6.07) is 1.56. The number of hydrogen-bond donors (Lipinski definition) is 1. The quantitative estimate of drug-likeness (QED) is 0.817. The van der Waals surface area contributed by atoms with E-state index < -0.39 is 0 Å². The molecule has 0 aromatic rings. The molecule has 3 aliphatic rings. The molecule has 2 aliphatic heterocycles. The van der Waals surface area contributed by atoms with Crippen molar-refractivity contribution >= 4 is 0 Å². The van der Waals surface area contributed by atoms with Crippen LogP contribution in [0.2, 0.25) is 0 Å². The fourth-order valence-corrected chi connectivity index (χ4v) is 5.28. The van der Waals surface area contributed by atoms with Crippen molar-refractivity contribution in [3.05, 3.63) is 0 Å². The average Bonchev–Trinajstić information content (AvgIpc) is 3.16. The van der Waals surface area contributed by atoms with E-state index in [1.165, 1.54) is 71.0 Å². The van der Waals surface area contributed by atoms with E-state index in [1.807, 2.05) is 0 Å². The fourth-order valence-electron chi connectivity index (χ4n) is 5.28. The van der Waals surface area contributed by atoms with Gasteiger partial charge < -0.3 is 5.73 Å². The Morgan fingerprint density at radius 1 is 1.14 bits per heavy atom. The van der Waals surface area contributed by atoms with Crippen molar-refractivity contribution in [1.82, 2.24) is 9.80 Å². The Balaban J connectivity index is 1.81. The molecule has 122 valence electrons.